The number of imide groups is 1. The van der Waals surface area contributed by atoms with Crippen LogP contribution in [0.25, 0.3) is 0 Å². The number of hydrogen-bond acceptors (Lipinski definition) is 4. The predicted octanol–water partition coefficient (Wildman–Crippen LogP) is 0.483. The lowest BCUT2D eigenvalue weighted by Crippen LogP contribution is -2.64. The molecule has 1 heterocycles. The van der Waals surface area contributed by atoms with Crippen LogP contribution in [-0.2, 0) is 14.4 Å². The molecular formula is C13H20N2O3. The van der Waals surface area contributed by atoms with E-state index in [0.29, 0.717) is 18.7 Å². The molecule has 5 nitrogen and oxygen atoms in total. The molecule has 0 aromatic carbocycles. The summed E-state index contributed by atoms with van der Waals surface area (Å²) < 4.78 is 0. The zero-order chi connectivity index (χ0) is 13.3. The van der Waals surface area contributed by atoms with Gasteiger partial charge in [-0.05, 0) is 33.1 Å². The van der Waals surface area contributed by atoms with Crippen molar-refractivity contribution in [2.24, 2.45) is 5.92 Å². The molecule has 18 heavy (non-hydrogen) atoms. The third-order valence-electron chi connectivity index (χ3n) is 4.11. The minimum Gasteiger partial charge on any atom is -0.299 e. The Morgan fingerprint density at radius 3 is 2.67 bits per heavy atom. The second-order valence-corrected chi connectivity index (χ2v) is 5.70. The molecule has 0 radical (unpaired) electrons. The van der Waals surface area contributed by atoms with Gasteiger partial charge < -0.3 is 0 Å². The Labute approximate surface area is 107 Å². The first-order valence-electron chi connectivity index (χ1n) is 6.53. The first-order chi connectivity index (χ1) is 8.41. The van der Waals surface area contributed by atoms with E-state index in [-0.39, 0.29) is 24.3 Å². The third kappa shape index (κ3) is 2.46. The number of piperazine rings is 1. The Balaban J connectivity index is 1.96. The normalized spacial score (nSPS) is 28.6. The van der Waals surface area contributed by atoms with Gasteiger partial charge in [0.1, 0.15) is 5.78 Å². The lowest BCUT2D eigenvalue weighted by atomic mass is 9.96. The van der Waals surface area contributed by atoms with Crippen molar-refractivity contribution in [2.45, 2.75) is 45.1 Å². The molecule has 0 aromatic heterocycles. The van der Waals surface area contributed by atoms with Gasteiger partial charge in [-0.25, -0.2) is 0 Å². The summed E-state index contributed by atoms with van der Waals surface area (Å²) in [6.45, 7) is 4.48. The smallest absolute Gasteiger partial charge is 0.246 e. The average Bonchev–Trinajstić information content (AvgIpc) is 2.68. The first kappa shape index (κ1) is 13.2. The van der Waals surface area contributed by atoms with Crippen molar-refractivity contribution in [3.05, 3.63) is 0 Å². The second-order valence-electron chi connectivity index (χ2n) is 5.70. The van der Waals surface area contributed by atoms with Gasteiger partial charge in [0, 0.05) is 18.9 Å². The van der Waals surface area contributed by atoms with E-state index >= 15 is 0 Å². The highest BCUT2D eigenvalue weighted by Gasteiger charge is 2.41. The third-order valence-corrected chi connectivity index (χ3v) is 4.11. The van der Waals surface area contributed by atoms with E-state index < -0.39 is 5.54 Å². The van der Waals surface area contributed by atoms with E-state index in [1.807, 2.05) is 18.7 Å². The molecule has 0 spiro atoms. The van der Waals surface area contributed by atoms with Crippen LogP contribution in [-0.4, -0.2) is 41.1 Å². The lowest BCUT2D eigenvalue weighted by molar-refractivity contribution is -0.145. The summed E-state index contributed by atoms with van der Waals surface area (Å²) in [5, 5.41) is 2.35. The molecule has 1 N–H and O–H groups in total. The Morgan fingerprint density at radius 2 is 2.06 bits per heavy atom. The van der Waals surface area contributed by atoms with Crippen LogP contribution in [0.1, 0.15) is 39.5 Å². The largest absolute Gasteiger partial charge is 0.299 e. The van der Waals surface area contributed by atoms with Gasteiger partial charge in [-0.3, -0.25) is 24.6 Å². The van der Waals surface area contributed by atoms with Gasteiger partial charge in [0.15, 0.2) is 0 Å². The zero-order valence-corrected chi connectivity index (χ0v) is 11.0. The predicted molar refractivity (Wildman–Crippen MR) is 65.8 cm³/mol. The molecule has 1 atom stereocenters. The summed E-state index contributed by atoms with van der Waals surface area (Å²) in [6, 6.07) is 0. The monoisotopic (exact) mass is 252 g/mol. The highest BCUT2D eigenvalue weighted by atomic mass is 16.2. The molecule has 5 heteroatoms. The Morgan fingerprint density at radius 1 is 1.33 bits per heavy atom. The van der Waals surface area contributed by atoms with Crippen LogP contribution < -0.4 is 5.32 Å². The molecule has 2 amide bonds. The molecule has 0 aromatic rings. The van der Waals surface area contributed by atoms with Crippen LogP contribution in [0.15, 0.2) is 0 Å². The van der Waals surface area contributed by atoms with Crippen molar-refractivity contribution in [1.29, 1.82) is 0 Å². The van der Waals surface area contributed by atoms with Crippen molar-refractivity contribution in [3.63, 3.8) is 0 Å². The van der Waals surface area contributed by atoms with Gasteiger partial charge in [0.2, 0.25) is 11.8 Å². The van der Waals surface area contributed by atoms with Crippen LogP contribution in [0, 0.1) is 5.92 Å². The molecular weight excluding hydrogens is 232 g/mol. The summed E-state index contributed by atoms with van der Waals surface area (Å²) in [4.78, 5) is 36.6. The number of carbonyl (C=O) groups excluding carboxylic acids is 3. The fourth-order valence-electron chi connectivity index (χ4n) is 2.70. The average molecular weight is 252 g/mol. The van der Waals surface area contributed by atoms with Gasteiger partial charge in [0.25, 0.3) is 0 Å². The number of hydrogen-bond donors (Lipinski definition) is 1. The van der Waals surface area contributed by atoms with Crippen molar-refractivity contribution in [2.75, 3.05) is 13.1 Å². The highest BCUT2D eigenvalue weighted by Crippen LogP contribution is 2.26. The summed E-state index contributed by atoms with van der Waals surface area (Å²) in [5.74, 6) is -0.0462. The quantitative estimate of drug-likeness (QED) is 0.742. The highest BCUT2D eigenvalue weighted by molar-refractivity contribution is 6.02. The number of ketones is 1. The molecule has 1 aliphatic carbocycles. The fourth-order valence-corrected chi connectivity index (χ4v) is 2.70. The lowest BCUT2D eigenvalue weighted by Gasteiger charge is -2.40. The molecule has 1 unspecified atom stereocenters. The van der Waals surface area contributed by atoms with Crippen molar-refractivity contribution in [1.82, 2.24) is 10.2 Å². The standard InChI is InChI=1S/C13H20N2O3/c1-13(2)12(18)14-11(17)8-15(13)7-6-9-4-3-5-10(9)16/h9H,3-8H2,1-2H3,(H,14,17,18). The number of Topliss-reactive ketones (excluding diaryl/α,β-unsaturated/α-hetero) is 1. The summed E-state index contributed by atoms with van der Waals surface area (Å²) >= 11 is 0. The molecule has 1 saturated carbocycles. The molecule has 2 fully saturated rings. The van der Waals surface area contributed by atoms with Crippen LogP contribution in [0.3, 0.4) is 0 Å². The Kier molecular flexibility index (Phi) is 3.52. The molecule has 100 valence electrons. The minimum absolute atomic E-state index is 0.126. The summed E-state index contributed by atoms with van der Waals surface area (Å²) in [5.41, 5.74) is -0.671. The maximum atomic E-state index is 11.8. The number of nitrogens with one attached hydrogen (secondary N) is 1. The number of nitrogens with zero attached hydrogens (tertiary/aromatic N) is 1. The van der Waals surface area contributed by atoms with Crippen molar-refractivity contribution in [3.8, 4) is 0 Å². The van der Waals surface area contributed by atoms with Crippen LogP contribution in [0.5, 0.6) is 0 Å². The van der Waals surface area contributed by atoms with Gasteiger partial charge in [-0.15, -0.1) is 0 Å². The van der Waals surface area contributed by atoms with Crippen LogP contribution in [0.2, 0.25) is 0 Å². The molecule has 1 aliphatic heterocycles. The van der Waals surface area contributed by atoms with E-state index in [9.17, 15) is 14.4 Å². The van der Waals surface area contributed by atoms with Gasteiger partial charge in [-0.2, -0.15) is 0 Å². The Hall–Kier alpha value is -1.23. The summed E-state index contributed by atoms with van der Waals surface area (Å²) in [7, 11) is 0. The molecule has 1 saturated heterocycles. The number of amides is 2. The minimum atomic E-state index is -0.671. The fraction of sp³-hybridized carbons (Fsp3) is 0.769. The van der Waals surface area contributed by atoms with E-state index in [4.69, 9.17) is 0 Å². The Bertz CT molecular complexity index is 390. The second kappa shape index (κ2) is 4.80. The number of rotatable bonds is 3. The van der Waals surface area contributed by atoms with Crippen molar-refractivity contribution >= 4 is 17.6 Å². The van der Waals surface area contributed by atoms with Crippen LogP contribution >= 0.6 is 0 Å². The van der Waals surface area contributed by atoms with E-state index in [2.05, 4.69) is 5.32 Å². The van der Waals surface area contributed by atoms with Crippen molar-refractivity contribution < 1.29 is 14.4 Å². The maximum absolute atomic E-state index is 11.8. The van der Waals surface area contributed by atoms with E-state index in [1.165, 1.54) is 0 Å². The van der Waals surface area contributed by atoms with Gasteiger partial charge in [-0.1, -0.05) is 0 Å². The van der Waals surface area contributed by atoms with Crippen LogP contribution in [0.4, 0.5) is 0 Å². The summed E-state index contributed by atoms with van der Waals surface area (Å²) in [6.07, 6.45) is 3.37. The molecule has 0 bridgehead atoms. The SMILES string of the molecule is CC1(C)C(=O)NC(=O)CN1CCC1CCCC1=O. The van der Waals surface area contributed by atoms with E-state index in [0.717, 1.165) is 19.3 Å². The van der Waals surface area contributed by atoms with E-state index in [1.54, 1.807) is 0 Å². The molecule has 2 rings (SSSR count). The topological polar surface area (TPSA) is 66.5 Å². The van der Waals surface area contributed by atoms with Gasteiger partial charge in [0.05, 0.1) is 12.1 Å². The molecule has 2 aliphatic rings. The number of carbonyl (C=O) groups is 3. The zero-order valence-electron chi connectivity index (χ0n) is 11.0. The first-order valence-corrected chi connectivity index (χ1v) is 6.53. The van der Waals surface area contributed by atoms with Gasteiger partial charge >= 0.3 is 0 Å². The maximum Gasteiger partial charge on any atom is 0.246 e.